The van der Waals surface area contributed by atoms with Crippen molar-refractivity contribution >= 4 is 6.08 Å². The number of ether oxygens (including phenoxy) is 2. The molecule has 1 aromatic heterocycles. The van der Waals surface area contributed by atoms with Gasteiger partial charge in [-0.15, -0.1) is 0 Å². The monoisotopic (exact) mass is 488 g/mol. The minimum Gasteiger partial charge on any atom is -0.486 e. The van der Waals surface area contributed by atoms with Crippen LogP contribution in [0.1, 0.15) is 58.2 Å². The normalized spacial score (nSPS) is 12.1. The smallest absolute Gasteiger partial charge is 0.165 e. The van der Waals surface area contributed by atoms with Crippen molar-refractivity contribution in [3.8, 4) is 28.0 Å². The van der Waals surface area contributed by atoms with Crippen LogP contribution in [0, 0.1) is 5.82 Å². The molecule has 0 N–H and O–H groups in total. The Balaban J connectivity index is 1.49. The zero-order chi connectivity index (χ0) is 25.6. The summed E-state index contributed by atoms with van der Waals surface area (Å²) >= 11 is 0. The van der Waals surface area contributed by atoms with Gasteiger partial charge in [0.1, 0.15) is 6.61 Å². The minimum atomic E-state index is -0.388. The van der Waals surface area contributed by atoms with Crippen molar-refractivity contribution in [3.63, 3.8) is 0 Å². The molecule has 0 aliphatic carbocycles. The standard InChI is InChI=1S/C31H37FN2O2/c1-4-6-10-20-35-24(3)11-8-7-9-12-31-33-22-28(23-34-31)26-15-13-25(14-16-26)27-17-18-30(29(32)21-27)36-19-5-2/h5,9,12-18,21-24H,2,4,6-8,10-11,19-20H2,1,3H3/b12-9+. The third kappa shape index (κ3) is 8.72. The summed E-state index contributed by atoms with van der Waals surface area (Å²) < 4.78 is 25.4. The number of halogens is 1. The van der Waals surface area contributed by atoms with Crippen LogP contribution in [-0.2, 0) is 4.74 Å². The predicted molar refractivity (Wildman–Crippen MR) is 146 cm³/mol. The zero-order valence-corrected chi connectivity index (χ0v) is 21.5. The maximum Gasteiger partial charge on any atom is 0.165 e. The van der Waals surface area contributed by atoms with Gasteiger partial charge in [0.15, 0.2) is 17.4 Å². The number of hydrogen-bond donors (Lipinski definition) is 0. The first-order valence-electron chi connectivity index (χ1n) is 12.8. The number of unbranched alkanes of at least 4 members (excludes halogenated alkanes) is 3. The van der Waals surface area contributed by atoms with E-state index in [1.807, 2.05) is 48.8 Å². The fourth-order valence-electron chi connectivity index (χ4n) is 3.81. The van der Waals surface area contributed by atoms with Crippen molar-refractivity contribution in [2.24, 2.45) is 0 Å². The molecule has 0 aliphatic heterocycles. The Bertz CT molecular complexity index is 1090. The third-order valence-electron chi connectivity index (χ3n) is 5.91. The Morgan fingerprint density at radius 2 is 1.64 bits per heavy atom. The molecule has 2 aromatic carbocycles. The van der Waals surface area contributed by atoms with Gasteiger partial charge in [0.05, 0.1) is 6.10 Å². The summed E-state index contributed by atoms with van der Waals surface area (Å²) in [5, 5.41) is 0. The van der Waals surface area contributed by atoms with E-state index in [0.717, 1.165) is 54.5 Å². The molecule has 0 aliphatic rings. The van der Waals surface area contributed by atoms with Crippen molar-refractivity contribution in [3.05, 3.63) is 85.2 Å². The van der Waals surface area contributed by atoms with Crippen LogP contribution in [0.3, 0.4) is 0 Å². The highest BCUT2D eigenvalue weighted by Gasteiger charge is 2.07. The molecule has 0 saturated carbocycles. The van der Waals surface area contributed by atoms with E-state index < -0.39 is 0 Å². The maximum atomic E-state index is 14.3. The molecule has 1 heterocycles. The van der Waals surface area contributed by atoms with Crippen LogP contribution in [-0.4, -0.2) is 29.3 Å². The molecule has 4 nitrogen and oxygen atoms in total. The molecule has 1 atom stereocenters. The van der Waals surface area contributed by atoms with E-state index >= 15 is 0 Å². The Morgan fingerprint density at radius 1 is 0.944 bits per heavy atom. The quantitative estimate of drug-likeness (QED) is 0.159. The fourth-order valence-corrected chi connectivity index (χ4v) is 3.81. The van der Waals surface area contributed by atoms with E-state index in [1.54, 1.807) is 12.1 Å². The molecule has 0 saturated heterocycles. The number of rotatable bonds is 15. The van der Waals surface area contributed by atoms with Crippen LogP contribution in [0.15, 0.2) is 73.6 Å². The van der Waals surface area contributed by atoms with Crippen molar-refractivity contribution < 1.29 is 13.9 Å². The second kappa shape index (κ2) is 14.9. The molecule has 3 rings (SSSR count). The average molecular weight is 489 g/mol. The lowest BCUT2D eigenvalue weighted by molar-refractivity contribution is 0.0566. The SMILES string of the molecule is C=CCOc1ccc(-c2ccc(-c3cnc(/C=C/CCCC(C)OCCCCC)nc3)cc2)cc1F. The van der Waals surface area contributed by atoms with Gasteiger partial charge in [-0.1, -0.05) is 68.8 Å². The van der Waals surface area contributed by atoms with Gasteiger partial charge in [-0.3, -0.25) is 0 Å². The molecule has 0 bridgehead atoms. The first-order chi connectivity index (χ1) is 17.6. The first kappa shape index (κ1) is 27.3. The molecule has 3 aromatic rings. The molecule has 0 radical (unpaired) electrons. The second-order valence-electron chi connectivity index (χ2n) is 8.87. The molecule has 36 heavy (non-hydrogen) atoms. The Labute approximate surface area is 214 Å². The molecular formula is C31H37FN2O2. The number of hydrogen-bond acceptors (Lipinski definition) is 4. The van der Waals surface area contributed by atoms with E-state index in [2.05, 4.69) is 36.5 Å². The topological polar surface area (TPSA) is 44.2 Å². The van der Waals surface area contributed by atoms with Gasteiger partial charge in [0.25, 0.3) is 0 Å². The van der Waals surface area contributed by atoms with E-state index in [1.165, 1.54) is 18.9 Å². The predicted octanol–water partition coefficient (Wildman–Crippen LogP) is 8.29. The number of aromatic nitrogens is 2. The lowest BCUT2D eigenvalue weighted by atomic mass is 10.0. The van der Waals surface area contributed by atoms with Crippen LogP contribution in [0.5, 0.6) is 5.75 Å². The van der Waals surface area contributed by atoms with Crippen molar-refractivity contribution in [2.75, 3.05) is 13.2 Å². The van der Waals surface area contributed by atoms with Gasteiger partial charge in [0.2, 0.25) is 0 Å². The minimum absolute atomic E-state index is 0.225. The van der Waals surface area contributed by atoms with E-state index in [0.29, 0.717) is 11.9 Å². The third-order valence-corrected chi connectivity index (χ3v) is 5.91. The highest BCUT2D eigenvalue weighted by atomic mass is 19.1. The number of benzene rings is 2. The van der Waals surface area contributed by atoms with Gasteiger partial charge >= 0.3 is 0 Å². The Morgan fingerprint density at radius 3 is 2.31 bits per heavy atom. The summed E-state index contributed by atoms with van der Waals surface area (Å²) in [5.74, 6) is 0.539. The first-order valence-corrected chi connectivity index (χ1v) is 12.8. The Kier molecular flexibility index (Phi) is 11.3. The van der Waals surface area contributed by atoms with Crippen LogP contribution in [0.25, 0.3) is 28.3 Å². The van der Waals surface area contributed by atoms with Gasteiger partial charge in [-0.05, 0) is 67.5 Å². The van der Waals surface area contributed by atoms with E-state index in [-0.39, 0.29) is 18.2 Å². The summed E-state index contributed by atoms with van der Waals surface area (Å²) in [6.45, 7) is 9.08. The molecule has 190 valence electrons. The van der Waals surface area contributed by atoms with Gasteiger partial charge < -0.3 is 9.47 Å². The van der Waals surface area contributed by atoms with Crippen molar-refractivity contribution in [1.82, 2.24) is 9.97 Å². The van der Waals surface area contributed by atoms with Crippen LogP contribution in [0.2, 0.25) is 0 Å². The fraction of sp³-hybridized carbons (Fsp3) is 0.355. The average Bonchev–Trinajstić information content (AvgIpc) is 2.91. The van der Waals surface area contributed by atoms with Gasteiger partial charge in [-0.2, -0.15) is 0 Å². The second-order valence-corrected chi connectivity index (χ2v) is 8.87. The molecule has 0 amide bonds. The summed E-state index contributed by atoms with van der Waals surface area (Å²) in [4.78, 5) is 8.96. The molecule has 5 heteroatoms. The van der Waals surface area contributed by atoms with Crippen molar-refractivity contribution in [1.29, 1.82) is 0 Å². The van der Waals surface area contributed by atoms with Crippen LogP contribution < -0.4 is 4.74 Å². The van der Waals surface area contributed by atoms with Crippen LogP contribution >= 0.6 is 0 Å². The van der Waals surface area contributed by atoms with E-state index in [4.69, 9.17) is 9.47 Å². The lowest BCUT2D eigenvalue weighted by Crippen LogP contribution is -2.08. The van der Waals surface area contributed by atoms with E-state index in [9.17, 15) is 4.39 Å². The molecule has 0 fully saturated rings. The molecule has 1 unspecified atom stereocenters. The Hall–Kier alpha value is -3.31. The summed E-state index contributed by atoms with van der Waals surface area (Å²) in [6.07, 6.45) is 16.4. The number of nitrogens with zero attached hydrogens (tertiary/aromatic N) is 2. The zero-order valence-electron chi connectivity index (χ0n) is 21.5. The summed E-state index contributed by atoms with van der Waals surface area (Å²) in [7, 11) is 0. The highest BCUT2D eigenvalue weighted by Crippen LogP contribution is 2.28. The number of allylic oxidation sites excluding steroid dienone is 1. The molecule has 0 spiro atoms. The summed E-state index contributed by atoms with van der Waals surface area (Å²) in [6, 6.07) is 12.9. The van der Waals surface area contributed by atoms with Crippen LogP contribution in [0.4, 0.5) is 4.39 Å². The van der Waals surface area contributed by atoms with Gasteiger partial charge in [0, 0.05) is 24.6 Å². The summed E-state index contributed by atoms with van der Waals surface area (Å²) in [5.41, 5.74) is 3.66. The molecular weight excluding hydrogens is 451 g/mol. The van der Waals surface area contributed by atoms with Gasteiger partial charge in [-0.25, -0.2) is 14.4 Å². The largest absolute Gasteiger partial charge is 0.486 e. The lowest BCUT2D eigenvalue weighted by Gasteiger charge is -2.11. The highest BCUT2D eigenvalue weighted by molar-refractivity contribution is 5.70. The maximum absolute atomic E-state index is 14.3. The van der Waals surface area contributed by atoms with Crippen molar-refractivity contribution in [2.45, 2.75) is 58.5 Å².